The largest absolute Gasteiger partial charge is 0.490 e. The zero-order chi connectivity index (χ0) is 18.4. The molecule has 0 N–H and O–H groups in total. The molecule has 0 amide bonds. The number of nitro benzene ring substituents is 1. The normalized spacial score (nSPS) is 10.0. The number of nitrogens with zero attached hydrogens (tertiary/aromatic N) is 1. The first-order valence-electron chi connectivity index (χ1n) is 7.28. The average Bonchev–Trinajstić information content (AvgIpc) is 2.61. The second-order valence-corrected chi connectivity index (χ2v) is 4.78. The minimum atomic E-state index is -0.741. The topological polar surface area (TPSA) is 105 Å². The van der Waals surface area contributed by atoms with Crippen LogP contribution in [0.4, 0.5) is 5.69 Å². The Balaban J connectivity index is 2.21. The molecule has 0 aliphatic carbocycles. The molecular formula is C17H15NO7. The van der Waals surface area contributed by atoms with Gasteiger partial charge >= 0.3 is 17.6 Å². The van der Waals surface area contributed by atoms with Crippen LogP contribution in [0.3, 0.4) is 0 Å². The summed E-state index contributed by atoms with van der Waals surface area (Å²) in [4.78, 5) is 34.2. The number of benzene rings is 2. The standard InChI is InChI=1S/C17H15NO7/c1-3-24-16(19)11-5-4-6-13(9-11)25-17(20)12-7-8-14(18(21)22)15(10-12)23-2/h4-10H,3H2,1-2H3. The molecule has 0 fully saturated rings. The molecule has 0 aliphatic rings. The van der Waals surface area contributed by atoms with Crippen molar-refractivity contribution >= 4 is 17.6 Å². The van der Waals surface area contributed by atoms with Gasteiger partial charge in [0.15, 0.2) is 5.75 Å². The van der Waals surface area contributed by atoms with Crippen molar-refractivity contribution < 1.29 is 28.7 Å². The average molecular weight is 345 g/mol. The first-order chi connectivity index (χ1) is 12.0. The van der Waals surface area contributed by atoms with Crippen molar-refractivity contribution in [3.05, 3.63) is 63.7 Å². The minimum absolute atomic E-state index is 0.0558. The summed E-state index contributed by atoms with van der Waals surface area (Å²) in [6.45, 7) is 1.91. The van der Waals surface area contributed by atoms with Crippen LogP contribution < -0.4 is 9.47 Å². The van der Waals surface area contributed by atoms with Crippen LogP contribution in [-0.4, -0.2) is 30.6 Å². The molecule has 0 aliphatic heterocycles. The highest BCUT2D eigenvalue weighted by Gasteiger charge is 2.19. The fourth-order valence-corrected chi connectivity index (χ4v) is 2.02. The Morgan fingerprint density at radius 3 is 2.44 bits per heavy atom. The number of carbonyl (C=O) groups is 2. The van der Waals surface area contributed by atoms with Gasteiger partial charge in [-0.15, -0.1) is 0 Å². The summed E-state index contributed by atoms with van der Waals surface area (Å²) in [7, 11) is 1.26. The van der Waals surface area contributed by atoms with E-state index in [0.29, 0.717) is 0 Å². The van der Waals surface area contributed by atoms with E-state index in [4.69, 9.17) is 14.2 Å². The predicted molar refractivity (Wildman–Crippen MR) is 87.0 cm³/mol. The van der Waals surface area contributed by atoms with Crippen LogP contribution in [0, 0.1) is 10.1 Å². The zero-order valence-electron chi connectivity index (χ0n) is 13.6. The monoisotopic (exact) mass is 345 g/mol. The molecule has 0 saturated heterocycles. The summed E-state index contributed by atoms with van der Waals surface area (Å²) in [5, 5.41) is 10.9. The van der Waals surface area contributed by atoms with Crippen molar-refractivity contribution in [1.82, 2.24) is 0 Å². The fourth-order valence-electron chi connectivity index (χ4n) is 2.02. The summed E-state index contributed by atoms with van der Waals surface area (Å²) < 4.78 is 15.0. The lowest BCUT2D eigenvalue weighted by atomic mass is 10.2. The molecule has 2 rings (SSSR count). The fraction of sp³-hybridized carbons (Fsp3) is 0.176. The van der Waals surface area contributed by atoms with Crippen molar-refractivity contribution in [2.24, 2.45) is 0 Å². The lowest BCUT2D eigenvalue weighted by Crippen LogP contribution is -2.10. The molecule has 0 atom stereocenters. The van der Waals surface area contributed by atoms with Gasteiger partial charge in [0.05, 0.1) is 29.8 Å². The maximum atomic E-state index is 12.2. The highest BCUT2D eigenvalue weighted by atomic mass is 16.6. The van der Waals surface area contributed by atoms with Gasteiger partial charge in [0.2, 0.25) is 0 Å². The van der Waals surface area contributed by atoms with Crippen molar-refractivity contribution in [3.63, 3.8) is 0 Å². The molecule has 0 aromatic heterocycles. The van der Waals surface area contributed by atoms with Crippen LogP contribution in [0.25, 0.3) is 0 Å². The van der Waals surface area contributed by atoms with E-state index < -0.39 is 16.9 Å². The second-order valence-electron chi connectivity index (χ2n) is 4.78. The molecule has 0 saturated carbocycles. The van der Waals surface area contributed by atoms with Crippen LogP contribution in [0.1, 0.15) is 27.6 Å². The molecule has 0 bridgehead atoms. The van der Waals surface area contributed by atoms with E-state index in [-0.39, 0.29) is 34.9 Å². The van der Waals surface area contributed by atoms with Gasteiger partial charge in [-0.1, -0.05) is 6.07 Å². The quantitative estimate of drug-likeness (QED) is 0.343. The number of hydrogen-bond acceptors (Lipinski definition) is 7. The number of methoxy groups -OCH3 is 1. The van der Waals surface area contributed by atoms with Gasteiger partial charge in [-0.2, -0.15) is 0 Å². The van der Waals surface area contributed by atoms with Gasteiger partial charge in [-0.3, -0.25) is 10.1 Å². The number of nitro groups is 1. The van der Waals surface area contributed by atoms with Crippen LogP contribution in [0.5, 0.6) is 11.5 Å². The van der Waals surface area contributed by atoms with E-state index in [9.17, 15) is 19.7 Å². The molecule has 8 heteroatoms. The van der Waals surface area contributed by atoms with Gasteiger partial charge in [0.1, 0.15) is 5.75 Å². The molecule has 2 aromatic rings. The van der Waals surface area contributed by atoms with Crippen molar-refractivity contribution in [2.75, 3.05) is 13.7 Å². The lowest BCUT2D eigenvalue weighted by Gasteiger charge is -2.08. The maximum Gasteiger partial charge on any atom is 0.343 e. The summed E-state index contributed by atoms with van der Waals surface area (Å²) >= 11 is 0. The summed E-state index contributed by atoms with van der Waals surface area (Å²) in [6.07, 6.45) is 0. The first kappa shape index (κ1) is 17.9. The number of carbonyl (C=O) groups excluding carboxylic acids is 2. The maximum absolute atomic E-state index is 12.2. The van der Waals surface area contributed by atoms with E-state index >= 15 is 0 Å². The Bertz CT molecular complexity index is 816. The smallest absolute Gasteiger partial charge is 0.343 e. The van der Waals surface area contributed by atoms with Gasteiger partial charge < -0.3 is 14.2 Å². The van der Waals surface area contributed by atoms with Gasteiger partial charge in [-0.05, 0) is 31.2 Å². The van der Waals surface area contributed by atoms with E-state index in [0.717, 1.165) is 6.07 Å². The van der Waals surface area contributed by atoms with Crippen LogP contribution in [0.15, 0.2) is 42.5 Å². The molecule has 130 valence electrons. The summed E-state index contributed by atoms with van der Waals surface area (Å²) in [5.74, 6) is -1.18. The molecule has 0 unspecified atom stereocenters. The predicted octanol–water partition coefficient (Wildman–Crippen LogP) is 3.00. The molecular weight excluding hydrogens is 330 g/mol. The second kappa shape index (κ2) is 7.91. The Hall–Kier alpha value is -3.42. The molecule has 8 nitrogen and oxygen atoms in total. The summed E-state index contributed by atoms with van der Waals surface area (Å²) in [6, 6.07) is 9.59. The Morgan fingerprint density at radius 2 is 1.80 bits per heavy atom. The molecule has 0 radical (unpaired) electrons. The van der Waals surface area contributed by atoms with Crippen LogP contribution >= 0.6 is 0 Å². The number of esters is 2. The van der Waals surface area contributed by atoms with Crippen molar-refractivity contribution in [3.8, 4) is 11.5 Å². The Morgan fingerprint density at radius 1 is 1.08 bits per heavy atom. The SMILES string of the molecule is CCOC(=O)c1cccc(OC(=O)c2ccc([N+](=O)[O-])c(OC)c2)c1. The lowest BCUT2D eigenvalue weighted by molar-refractivity contribution is -0.385. The Kier molecular flexibility index (Phi) is 5.67. The minimum Gasteiger partial charge on any atom is -0.490 e. The van der Waals surface area contributed by atoms with E-state index in [1.165, 1.54) is 37.4 Å². The highest BCUT2D eigenvalue weighted by molar-refractivity contribution is 5.93. The third kappa shape index (κ3) is 4.31. The molecule has 2 aromatic carbocycles. The first-order valence-corrected chi connectivity index (χ1v) is 7.28. The number of rotatable bonds is 6. The Labute approximate surface area is 143 Å². The number of ether oxygens (including phenoxy) is 3. The van der Waals surface area contributed by atoms with E-state index in [1.54, 1.807) is 13.0 Å². The van der Waals surface area contributed by atoms with Crippen molar-refractivity contribution in [1.29, 1.82) is 0 Å². The third-order valence-electron chi connectivity index (χ3n) is 3.17. The van der Waals surface area contributed by atoms with E-state index in [2.05, 4.69) is 0 Å². The zero-order valence-corrected chi connectivity index (χ0v) is 13.6. The molecule has 25 heavy (non-hydrogen) atoms. The van der Waals surface area contributed by atoms with Gasteiger partial charge in [0.25, 0.3) is 0 Å². The van der Waals surface area contributed by atoms with Crippen LogP contribution in [-0.2, 0) is 4.74 Å². The van der Waals surface area contributed by atoms with Crippen molar-refractivity contribution in [2.45, 2.75) is 6.92 Å². The van der Waals surface area contributed by atoms with Gasteiger partial charge in [0, 0.05) is 12.1 Å². The highest BCUT2D eigenvalue weighted by Crippen LogP contribution is 2.28. The van der Waals surface area contributed by atoms with Crippen LogP contribution in [0.2, 0.25) is 0 Å². The summed E-state index contributed by atoms with van der Waals surface area (Å²) in [5.41, 5.74) is 0.0563. The van der Waals surface area contributed by atoms with Gasteiger partial charge in [-0.25, -0.2) is 9.59 Å². The molecule has 0 spiro atoms. The number of hydrogen-bond donors (Lipinski definition) is 0. The third-order valence-corrected chi connectivity index (χ3v) is 3.17. The van der Waals surface area contributed by atoms with E-state index in [1.807, 2.05) is 0 Å². The molecule has 0 heterocycles.